The molecule has 3 rings (SSSR count). The maximum Gasteiger partial charge on any atom is 0.106 e. The average molecular weight is 272 g/mol. The largest absolute Gasteiger partial charge is 0.327 e. The summed E-state index contributed by atoms with van der Waals surface area (Å²) in [5.74, 6) is 1.13. The molecule has 0 bridgehead atoms. The van der Waals surface area contributed by atoms with E-state index in [9.17, 15) is 0 Å². The molecule has 0 amide bonds. The number of hydrogen-bond acceptors (Lipinski definition) is 3. The Hall–Kier alpha value is -1.39. The van der Waals surface area contributed by atoms with E-state index >= 15 is 0 Å². The molecule has 0 aliphatic carbocycles. The molecule has 1 aliphatic heterocycles. The second-order valence-corrected chi connectivity index (χ2v) is 5.83. The quantitative estimate of drug-likeness (QED) is 0.926. The smallest absolute Gasteiger partial charge is 0.106 e. The lowest BCUT2D eigenvalue weighted by Crippen LogP contribution is -2.44. The minimum Gasteiger partial charge on any atom is -0.327 e. The van der Waals surface area contributed by atoms with Gasteiger partial charge in [0.25, 0.3) is 0 Å². The van der Waals surface area contributed by atoms with Crippen molar-refractivity contribution in [2.75, 3.05) is 32.7 Å². The van der Waals surface area contributed by atoms with E-state index < -0.39 is 0 Å². The Kier molecular flexibility index (Phi) is 3.76. The molecule has 1 N–H and O–H groups in total. The van der Waals surface area contributed by atoms with Crippen LogP contribution in [0.4, 0.5) is 0 Å². The monoisotopic (exact) mass is 272 g/mol. The number of imidazole rings is 1. The van der Waals surface area contributed by atoms with Crippen molar-refractivity contribution < 1.29 is 0 Å². The summed E-state index contributed by atoms with van der Waals surface area (Å²) in [7, 11) is 0. The van der Waals surface area contributed by atoms with Gasteiger partial charge in [0.1, 0.15) is 5.82 Å². The van der Waals surface area contributed by atoms with E-state index in [-0.39, 0.29) is 0 Å². The molecule has 108 valence electrons. The van der Waals surface area contributed by atoms with Crippen LogP contribution in [0.25, 0.3) is 11.0 Å². The molecule has 1 aromatic heterocycles. The number of fused-ring (bicyclic) bond motifs is 1. The molecule has 0 unspecified atom stereocenters. The SMILES string of the molecule is Cc1cc2nc(C)n(CCN3CCNCC3)c2cc1C. The van der Waals surface area contributed by atoms with Crippen molar-refractivity contribution in [3.63, 3.8) is 0 Å². The number of rotatable bonds is 3. The van der Waals surface area contributed by atoms with Gasteiger partial charge in [-0.05, 0) is 44.0 Å². The van der Waals surface area contributed by atoms with Crippen LogP contribution in [-0.4, -0.2) is 47.2 Å². The molecule has 2 aromatic rings. The Labute approximate surface area is 120 Å². The fraction of sp³-hybridized carbons (Fsp3) is 0.562. The normalized spacial score (nSPS) is 16.9. The molecule has 1 aromatic carbocycles. The third-order valence-electron chi connectivity index (χ3n) is 4.40. The van der Waals surface area contributed by atoms with Crippen molar-refractivity contribution in [2.24, 2.45) is 0 Å². The summed E-state index contributed by atoms with van der Waals surface area (Å²) in [6.07, 6.45) is 0. The van der Waals surface area contributed by atoms with Crippen molar-refractivity contribution in [1.29, 1.82) is 0 Å². The van der Waals surface area contributed by atoms with Crippen molar-refractivity contribution in [3.05, 3.63) is 29.1 Å². The maximum absolute atomic E-state index is 4.71. The van der Waals surface area contributed by atoms with E-state index in [1.165, 1.54) is 16.6 Å². The molecule has 0 spiro atoms. The first kappa shape index (κ1) is 13.6. The highest BCUT2D eigenvalue weighted by molar-refractivity contribution is 5.78. The summed E-state index contributed by atoms with van der Waals surface area (Å²) >= 11 is 0. The summed E-state index contributed by atoms with van der Waals surface area (Å²) in [6.45, 7) is 13.1. The zero-order valence-corrected chi connectivity index (χ0v) is 12.7. The van der Waals surface area contributed by atoms with Gasteiger partial charge in [0.15, 0.2) is 0 Å². The number of piperazine rings is 1. The molecule has 1 saturated heterocycles. The van der Waals surface area contributed by atoms with Crippen LogP contribution >= 0.6 is 0 Å². The molecule has 4 nitrogen and oxygen atoms in total. The standard InChI is InChI=1S/C16H24N4/c1-12-10-15-16(11-13(12)2)20(14(3)18-15)9-8-19-6-4-17-5-7-19/h10-11,17H,4-9H2,1-3H3. The molecule has 0 atom stereocenters. The summed E-state index contributed by atoms with van der Waals surface area (Å²) in [5, 5.41) is 3.40. The van der Waals surface area contributed by atoms with Crippen LogP contribution in [-0.2, 0) is 6.54 Å². The minimum atomic E-state index is 1.03. The first-order valence-corrected chi connectivity index (χ1v) is 7.52. The van der Waals surface area contributed by atoms with Crippen LogP contribution in [0.5, 0.6) is 0 Å². The highest BCUT2D eigenvalue weighted by Gasteiger charge is 2.12. The number of aromatic nitrogens is 2. The van der Waals surface area contributed by atoms with Crippen LogP contribution in [0, 0.1) is 20.8 Å². The fourth-order valence-electron chi connectivity index (χ4n) is 2.96. The first-order chi connectivity index (χ1) is 9.65. The third kappa shape index (κ3) is 2.58. The maximum atomic E-state index is 4.71. The molecule has 1 fully saturated rings. The predicted molar refractivity (Wildman–Crippen MR) is 83.3 cm³/mol. The summed E-state index contributed by atoms with van der Waals surface area (Å²) in [6, 6.07) is 4.49. The van der Waals surface area contributed by atoms with Crippen molar-refractivity contribution in [3.8, 4) is 0 Å². The van der Waals surface area contributed by atoms with E-state index in [4.69, 9.17) is 4.98 Å². The molecule has 4 heteroatoms. The van der Waals surface area contributed by atoms with Gasteiger partial charge in [0.2, 0.25) is 0 Å². The second kappa shape index (κ2) is 5.54. The first-order valence-electron chi connectivity index (χ1n) is 7.52. The van der Waals surface area contributed by atoms with Gasteiger partial charge in [-0.3, -0.25) is 4.90 Å². The van der Waals surface area contributed by atoms with E-state index in [2.05, 4.69) is 47.7 Å². The average Bonchev–Trinajstić information content (AvgIpc) is 2.73. The highest BCUT2D eigenvalue weighted by Crippen LogP contribution is 2.20. The van der Waals surface area contributed by atoms with Gasteiger partial charge in [-0.2, -0.15) is 0 Å². The summed E-state index contributed by atoms with van der Waals surface area (Å²) < 4.78 is 2.36. The lowest BCUT2D eigenvalue weighted by atomic mass is 10.1. The van der Waals surface area contributed by atoms with E-state index in [0.29, 0.717) is 0 Å². The number of nitrogens with zero attached hydrogens (tertiary/aromatic N) is 3. The lowest BCUT2D eigenvalue weighted by Gasteiger charge is -2.27. The Balaban J connectivity index is 1.83. The molecular weight excluding hydrogens is 248 g/mol. The van der Waals surface area contributed by atoms with Gasteiger partial charge in [-0.1, -0.05) is 0 Å². The Morgan fingerprint density at radius 1 is 1.05 bits per heavy atom. The lowest BCUT2D eigenvalue weighted by molar-refractivity contribution is 0.233. The van der Waals surface area contributed by atoms with Gasteiger partial charge in [-0.15, -0.1) is 0 Å². The Morgan fingerprint density at radius 3 is 2.50 bits per heavy atom. The summed E-state index contributed by atoms with van der Waals surface area (Å²) in [5.41, 5.74) is 5.08. The number of hydrogen-bond donors (Lipinski definition) is 1. The number of aryl methyl sites for hydroxylation is 3. The molecule has 20 heavy (non-hydrogen) atoms. The molecule has 0 saturated carbocycles. The van der Waals surface area contributed by atoms with Gasteiger partial charge in [0.05, 0.1) is 11.0 Å². The molecular formula is C16H24N4. The number of nitrogens with one attached hydrogen (secondary N) is 1. The van der Waals surface area contributed by atoms with Gasteiger partial charge in [-0.25, -0.2) is 4.98 Å². The van der Waals surface area contributed by atoms with Gasteiger partial charge < -0.3 is 9.88 Å². The van der Waals surface area contributed by atoms with E-state index in [1.54, 1.807) is 0 Å². The van der Waals surface area contributed by atoms with Crippen molar-refractivity contribution in [1.82, 2.24) is 19.8 Å². The van der Waals surface area contributed by atoms with Crippen LogP contribution in [0.3, 0.4) is 0 Å². The van der Waals surface area contributed by atoms with Gasteiger partial charge in [0, 0.05) is 39.3 Å². The van der Waals surface area contributed by atoms with Crippen LogP contribution in [0.1, 0.15) is 17.0 Å². The molecule has 2 heterocycles. The number of benzene rings is 1. The topological polar surface area (TPSA) is 33.1 Å². The summed E-state index contributed by atoms with van der Waals surface area (Å²) in [4.78, 5) is 7.24. The Morgan fingerprint density at radius 2 is 1.75 bits per heavy atom. The second-order valence-electron chi connectivity index (χ2n) is 5.83. The van der Waals surface area contributed by atoms with Crippen molar-refractivity contribution in [2.45, 2.75) is 27.3 Å². The fourth-order valence-corrected chi connectivity index (χ4v) is 2.96. The van der Waals surface area contributed by atoms with E-state index in [1.807, 2.05) is 0 Å². The van der Waals surface area contributed by atoms with Gasteiger partial charge >= 0.3 is 0 Å². The van der Waals surface area contributed by atoms with E-state index in [0.717, 1.165) is 50.6 Å². The predicted octanol–water partition coefficient (Wildman–Crippen LogP) is 1.87. The zero-order valence-electron chi connectivity index (χ0n) is 12.7. The zero-order chi connectivity index (χ0) is 14.1. The van der Waals surface area contributed by atoms with Crippen molar-refractivity contribution >= 4 is 11.0 Å². The Bertz CT molecular complexity index is 608. The minimum absolute atomic E-state index is 1.03. The molecule has 0 radical (unpaired) electrons. The van der Waals surface area contributed by atoms with Crippen LogP contribution < -0.4 is 5.32 Å². The highest BCUT2D eigenvalue weighted by atomic mass is 15.2. The third-order valence-corrected chi connectivity index (χ3v) is 4.40. The van der Waals surface area contributed by atoms with Crippen LogP contribution in [0.15, 0.2) is 12.1 Å². The van der Waals surface area contributed by atoms with Crippen LogP contribution in [0.2, 0.25) is 0 Å². The molecule has 1 aliphatic rings.